The molecule has 1 aromatic carbocycles. The number of carbonyl (C=O) groups is 1. The van der Waals surface area contributed by atoms with E-state index in [0.717, 1.165) is 0 Å². The van der Waals surface area contributed by atoms with Crippen LogP contribution in [0.1, 0.15) is 23.2 Å². The summed E-state index contributed by atoms with van der Waals surface area (Å²) in [6, 6.07) is 0.375. The Hall–Kier alpha value is -2.41. The van der Waals surface area contributed by atoms with Gasteiger partial charge in [0.2, 0.25) is 5.82 Å². The first-order valence-corrected chi connectivity index (χ1v) is 5.64. The fourth-order valence-electron chi connectivity index (χ4n) is 1.41. The number of carbonyl (C=O) groups excluding carboxylic acids is 1. The average Bonchev–Trinajstić information content (AvgIpc) is 2.44. The molecule has 6 nitrogen and oxygen atoms in total. The number of nitrogens with one attached hydrogen (secondary N) is 1. The van der Waals surface area contributed by atoms with Gasteiger partial charge in [-0.2, -0.15) is 4.39 Å². The van der Waals surface area contributed by atoms with Gasteiger partial charge in [0.25, 0.3) is 5.91 Å². The highest BCUT2D eigenvalue weighted by molar-refractivity contribution is 5.94. The van der Waals surface area contributed by atoms with Crippen LogP contribution in [0.15, 0.2) is 11.2 Å². The lowest BCUT2D eigenvalue weighted by Crippen LogP contribution is -2.26. The van der Waals surface area contributed by atoms with Gasteiger partial charge in [-0.1, -0.05) is 5.11 Å². The molecule has 0 bridgehead atoms. The van der Waals surface area contributed by atoms with Gasteiger partial charge >= 0.3 is 0 Å². The summed E-state index contributed by atoms with van der Waals surface area (Å²) in [4.78, 5) is 14.1. The van der Waals surface area contributed by atoms with Crippen LogP contribution in [0.4, 0.5) is 13.2 Å². The Morgan fingerprint density at radius 1 is 1.35 bits per heavy atom. The number of phenols is 1. The Bertz CT molecular complexity index is 559. The summed E-state index contributed by atoms with van der Waals surface area (Å²) in [6.07, 6.45) is 0.970. The number of aromatic hydroxyl groups is 1. The minimum Gasteiger partial charge on any atom is -0.503 e. The normalized spacial score (nSPS) is 9.95. The van der Waals surface area contributed by atoms with Crippen LogP contribution in [-0.4, -0.2) is 24.1 Å². The molecule has 0 atom stereocenters. The average molecular weight is 288 g/mol. The Morgan fingerprint density at radius 3 is 2.70 bits per heavy atom. The van der Waals surface area contributed by atoms with Gasteiger partial charge in [-0.25, -0.2) is 8.78 Å². The number of unbranched alkanes of at least 4 members (excludes halogenated alkanes) is 1. The summed E-state index contributed by atoms with van der Waals surface area (Å²) < 4.78 is 39.2. The lowest BCUT2D eigenvalue weighted by molar-refractivity contribution is 0.0947. The Morgan fingerprint density at radius 2 is 2.05 bits per heavy atom. The molecule has 1 rings (SSSR count). The molecule has 20 heavy (non-hydrogen) atoms. The third-order valence-electron chi connectivity index (χ3n) is 2.41. The van der Waals surface area contributed by atoms with E-state index in [1.807, 2.05) is 0 Å². The molecule has 0 radical (unpaired) electrons. The van der Waals surface area contributed by atoms with Crippen molar-refractivity contribution in [2.75, 3.05) is 13.1 Å². The lowest BCUT2D eigenvalue weighted by Gasteiger charge is -2.07. The van der Waals surface area contributed by atoms with Gasteiger partial charge in [0.05, 0.1) is 5.56 Å². The van der Waals surface area contributed by atoms with Crippen LogP contribution in [0.2, 0.25) is 0 Å². The molecule has 108 valence electrons. The van der Waals surface area contributed by atoms with E-state index >= 15 is 0 Å². The van der Waals surface area contributed by atoms with E-state index in [1.54, 1.807) is 0 Å². The van der Waals surface area contributed by atoms with Crippen molar-refractivity contribution in [2.24, 2.45) is 5.11 Å². The van der Waals surface area contributed by atoms with E-state index in [4.69, 9.17) is 10.6 Å². The standard InChI is InChI=1S/C11H11F3N4O2/c12-7-5-6(8(13)10(19)9(7)14)11(20)16-3-1-2-4-17-18-15/h5,19H,1-4H2,(H,16,20). The van der Waals surface area contributed by atoms with Crippen molar-refractivity contribution in [3.63, 3.8) is 0 Å². The van der Waals surface area contributed by atoms with Crippen LogP contribution in [0.25, 0.3) is 10.4 Å². The van der Waals surface area contributed by atoms with E-state index < -0.39 is 34.7 Å². The van der Waals surface area contributed by atoms with Crippen LogP contribution >= 0.6 is 0 Å². The van der Waals surface area contributed by atoms with Gasteiger partial charge in [-0.15, -0.1) is 0 Å². The summed E-state index contributed by atoms with van der Waals surface area (Å²) >= 11 is 0. The molecule has 0 saturated carbocycles. The van der Waals surface area contributed by atoms with E-state index in [0.29, 0.717) is 18.9 Å². The summed E-state index contributed by atoms with van der Waals surface area (Å²) in [5, 5.41) is 14.5. The van der Waals surface area contributed by atoms with Crippen molar-refractivity contribution in [3.8, 4) is 5.75 Å². The minimum atomic E-state index is -1.74. The zero-order valence-corrected chi connectivity index (χ0v) is 10.2. The number of azide groups is 1. The molecule has 0 saturated heterocycles. The third-order valence-corrected chi connectivity index (χ3v) is 2.41. The maximum atomic E-state index is 13.4. The molecule has 0 unspecified atom stereocenters. The topological polar surface area (TPSA) is 98.1 Å². The molecule has 0 heterocycles. The molecule has 0 spiro atoms. The smallest absolute Gasteiger partial charge is 0.254 e. The number of halogens is 3. The fourth-order valence-corrected chi connectivity index (χ4v) is 1.41. The molecule has 0 aliphatic rings. The highest BCUT2D eigenvalue weighted by Crippen LogP contribution is 2.25. The SMILES string of the molecule is [N-]=[N+]=NCCCCNC(=O)c1cc(F)c(F)c(O)c1F. The molecule has 1 amide bonds. The first-order chi connectivity index (χ1) is 9.49. The molecular weight excluding hydrogens is 277 g/mol. The maximum Gasteiger partial charge on any atom is 0.254 e. The molecular formula is C11H11F3N4O2. The highest BCUT2D eigenvalue weighted by atomic mass is 19.2. The fraction of sp³-hybridized carbons (Fsp3) is 0.364. The number of rotatable bonds is 6. The molecule has 0 aliphatic carbocycles. The number of benzene rings is 1. The van der Waals surface area contributed by atoms with E-state index in [-0.39, 0.29) is 13.1 Å². The second kappa shape index (κ2) is 7.25. The largest absolute Gasteiger partial charge is 0.503 e. The van der Waals surface area contributed by atoms with Crippen molar-refractivity contribution < 1.29 is 23.1 Å². The van der Waals surface area contributed by atoms with Crippen molar-refractivity contribution in [2.45, 2.75) is 12.8 Å². The Labute approximate surface area is 111 Å². The van der Waals surface area contributed by atoms with Gasteiger partial charge in [-0.3, -0.25) is 4.79 Å². The summed E-state index contributed by atoms with van der Waals surface area (Å²) in [7, 11) is 0. The first-order valence-electron chi connectivity index (χ1n) is 5.64. The minimum absolute atomic E-state index is 0.138. The number of phenolic OH excluding ortho intramolecular Hbond substituents is 1. The van der Waals surface area contributed by atoms with Crippen LogP contribution in [-0.2, 0) is 0 Å². The van der Waals surface area contributed by atoms with Crippen LogP contribution in [0.5, 0.6) is 5.75 Å². The molecule has 0 fully saturated rings. The number of hydrogen-bond donors (Lipinski definition) is 2. The second-order valence-electron chi connectivity index (χ2n) is 3.80. The summed E-state index contributed by atoms with van der Waals surface area (Å²) in [5.41, 5.74) is 7.24. The number of hydrogen-bond acceptors (Lipinski definition) is 3. The quantitative estimate of drug-likeness (QED) is 0.276. The van der Waals surface area contributed by atoms with E-state index in [1.165, 1.54) is 0 Å². The molecule has 1 aromatic rings. The van der Waals surface area contributed by atoms with Crippen LogP contribution < -0.4 is 5.32 Å². The van der Waals surface area contributed by atoms with Crippen molar-refractivity contribution in [1.82, 2.24) is 5.32 Å². The predicted molar refractivity (Wildman–Crippen MR) is 63.6 cm³/mol. The number of nitrogens with zero attached hydrogens (tertiary/aromatic N) is 3. The number of amides is 1. The van der Waals surface area contributed by atoms with Gasteiger partial charge in [0.1, 0.15) is 0 Å². The molecule has 2 N–H and O–H groups in total. The Kier molecular flexibility index (Phi) is 5.67. The maximum absolute atomic E-state index is 13.4. The van der Waals surface area contributed by atoms with Crippen LogP contribution in [0, 0.1) is 17.5 Å². The third kappa shape index (κ3) is 3.79. The monoisotopic (exact) mass is 288 g/mol. The first kappa shape index (κ1) is 15.6. The lowest BCUT2D eigenvalue weighted by atomic mass is 10.1. The van der Waals surface area contributed by atoms with Gasteiger partial charge in [0.15, 0.2) is 17.4 Å². The summed E-state index contributed by atoms with van der Waals surface area (Å²) in [5.74, 6) is -7.28. The zero-order valence-electron chi connectivity index (χ0n) is 10.2. The zero-order chi connectivity index (χ0) is 15.1. The molecule has 0 aliphatic heterocycles. The highest BCUT2D eigenvalue weighted by Gasteiger charge is 2.22. The van der Waals surface area contributed by atoms with E-state index in [2.05, 4.69) is 15.3 Å². The van der Waals surface area contributed by atoms with Crippen molar-refractivity contribution >= 4 is 5.91 Å². The van der Waals surface area contributed by atoms with E-state index in [9.17, 15) is 18.0 Å². The molecule has 9 heteroatoms. The summed E-state index contributed by atoms with van der Waals surface area (Å²) in [6.45, 7) is 0.395. The Balaban J connectivity index is 2.62. The molecule has 0 aromatic heterocycles. The van der Waals surface area contributed by atoms with Gasteiger partial charge in [0, 0.05) is 18.0 Å². The van der Waals surface area contributed by atoms with Crippen molar-refractivity contribution in [3.05, 3.63) is 39.5 Å². The van der Waals surface area contributed by atoms with Crippen molar-refractivity contribution in [1.29, 1.82) is 0 Å². The second-order valence-corrected chi connectivity index (χ2v) is 3.80. The van der Waals surface area contributed by atoms with Gasteiger partial charge in [-0.05, 0) is 24.4 Å². The van der Waals surface area contributed by atoms with Crippen LogP contribution in [0.3, 0.4) is 0 Å². The van der Waals surface area contributed by atoms with Gasteiger partial charge < -0.3 is 10.4 Å². The predicted octanol–water partition coefficient (Wildman–Crippen LogP) is 2.63.